The van der Waals surface area contributed by atoms with Gasteiger partial charge in [0.05, 0.1) is 11.5 Å². The summed E-state index contributed by atoms with van der Waals surface area (Å²) in [6.07, 6.45) is 4.00. The smallest absolute Gasteiger partial charge is 0.150 e. The Morgan fingerprint density at radius 2 is 2.37 bits per heavy atom. The SMILES string of the molecule is CCCNC(CCc1ccsc1)C1CCS(=O)(=O)C1. The number of hydrogen-bond acceptors (Lipinski definition) is 4. The zero-order chi connectivity index (χ0) is 13.7. The van der Waals surface area contributed by atoms with Crippen molar-refractivity contribution in [3.63, 3.8) is 0 Å². The Balaban J connectivity index is 1.91. The van der Waals surface area contributed by atoms with Gasteiger partial charge in [-0.05, 0) is 60.5 Å². The van der Waals surface area contributed by atoms with Gasteiger partial charge in [-0.2, -0.15) is 11.3 Å². The molecule has 2 atom stereocenters. The van der Waals surface area contributed by atoms with E-state index in [9.17, 15) is 8.42 Å². The van der Waals surface area contributed by atoms with Crippen molar-refractivity contribution in [2.75, 3.05) is 18.1 Å². The molecule has 1 fully saturated rings. The van der Waals surface area contributed by atoms with Crippen molar-refractivity contribution in [1.29, 1.82) is 0 Å². The van der Waals surface area contributed by atoms with Crippen molar-refractivity contribution in [3.05, 3.63) is 22.4 Å². The fraction of sp³-hybridized carbons (Fsp3) is 0.714. The van der Waals surface area contributed by atoms with Crippen molar-refractivity contribution in [2.45, 2.75) is 38.6 Å². The molecule has 2 rings (SSSR count). The van der Waals surface area contributed by atoms with E-state index in [1.165, 1.54) is 5.56 Å². The molecule has 5 heteroatoms. The summed E-state index contributed by atoms with van der Waals surface area (Å²) in [5.41, 5.74) is 1.37. The highest BCUT2D eigenvalue weighted by molar-refractivity contribution is 7.91. The van der Waals surface area contributed by atoms with Gasteiger partial charge in [-0.1, -0.05) is 6.92 Å². The zero-order valence-corrected chi connectivity index (χ0v) is 13.1. The van der Waals surface area contributed by atoms with Crippen LogP contribution in [0.5, 0.6) is 0 Å². The van der Waals surface area contributed by atoms with E-state index in [0.29, 0.717) is 23.5 Å². The molecule has 0 aromatic carbocycles. The summed E-state index contributed by atoms with van der Waals surface area (Å²) in [7, 11) is -2.78. The summed E-state index contributed by atoms with van der Waals surface area (Å²) in [5.74, 6) is 1.05. The van der Waals surface area contributed by atoms with Crippen LogP contribution in [-0.2, 0) is 16.3 Å². The third kappa shape index (κ3) is 4.58. The van der Waals surface area contributed by atoms with Crippen LogP contribution < -0.4 is 5.32 Å². The van der Waals surface area contributed by atoms with Gasteiger partial charge >= 0.3 is 0 Å². The van der Waals surface area contributed by atoms with Gasteiger partial charge in [0, 0.05) is 6.04 Å². The van der Waals surface area contributed by atoms with Gasteiger partial charge in [0.25, 0.3) is 0 Å². The number of aryl methyl sites for hydroxylation is 1. The Kier molecular flexibility index (Phi) is 5.42. The largest absolute Gasteiger partial charge is 0.314 e. The highest BCUT2D eigenvalue weighted by Gasteiger charge is 2.33. The lowest BCUT2D eigenvalue weighted by atomic mass is 9.93. The molecule has 1 saturated heterocycles. The topological polar surface area (TPSA) is 46.2 Å². The molecule has 0 amide bonds. The molecular formula is C14H23NO2S2. The third-order valence-electron chi connectivity index (χ3n) is 3.82. The summed E-state index contributed by atoms with van der Waals surface area (Å²) in [6, 6.07) is 2.50. The van der Waals surface area contributed by atoms with Crippen LogP contribution in [0, 0.1) is 5.92 Å². The van der Waals surface area contributed by atoms with Crippen molar-refractivity contribution < 1.29 is 8.42 Å². The average molecular weight is 301 g/mol. The highest BCUT2D eigenvalue weighted by Crippen LogP contribution is 2.24. The first-order valence-corrected chi connectivity index (χ1v) is 9.82. The maximum absolute atomic E-state index is 11.6. The predicted molar refractivity (Wildman–Crippen MR) is 81.5 cm³/mol. The van der Waals surface area contributed by atoms with Crippen molar-refractivity contribution in [2.24, 2.45) is 5.92 Å². The lowest BCUT2D eigenvalue weighted by molar-refractivity contribution is 0.362. The summed E-state index contributed by atoms with van der Waals surface area (Å²) in [6.45, 7) is 3.12. The van der Waals surface area contributed by atoms with Crippen LogP contribution in [0.4, 0.5) is 0 Å². The lowest BCUT2D eigenvalue weighted by Gasteiger charge is -2.23. The van der Waals surface area contributed by atoms with Gasteiger partial charge in [-0.3, -0.25) is 0 Å². The Morgan fingerprint density at radius 3 is 2.95 bits per heavy atom. The molecule has 0 radical (unpaired) electrons. The standard InChI is InChI=1S/C14H23NO2S2/c1-2-7-15-14(4-3-12-5-8-18-10-12)13-6-9-19(16,17)11-13/h5,8,10,13-15H,2-4,6-7,9,11H2,1H3. The zero-order valence-electron chi connectivity index (χ0n) is 11.5. The van der Waals surface area contributed by atoms with E-state index in [4.69, 9.17) is 0 Å². The second kappa shape index (κ2) is 6.86. The van der Waals surface area contributed by atoms with E-state index in [-0.39, 0.29) is 0 Å². The van der Waals surface area contributed by atoms with Crippen LogP contribution in [0.2, 0.25) is 0 Å². The van der Waals surface area contributed by atoms with Crippen LogP contribution in [0.25, 0.3) is 0 Å². The first-order valence-electron chi connectivity index (χ1n) is 7.05. The average Bonchev–Trinajstić information content (AvgIpc) is 2.99. The molecule has 0 spiro atoms. The number of sulfone groups is 1. The normalized spacial score (nSPS) is 23.5. The molecule has 1 N–H and O–H groups in total. The first-order chi connectivity index (χ1) is 9.11. The number of nitrogens with one attached hydrogen (secondary N) is 1. The minimum Gasteiger partial charge on any atom is -0.314 e. The van der Waals surface area contributed by atoms with Gasteiger partial charge in [0.15, 0.2) is 9.84 Å². The van der Waals surface area contributed by atoms with Gasteiger partial charge in [0.2, 0.25) is 0 Å². The van der Waals surface area contributed by atoms with Gasteiger partial charge in [0.1, 0.15) is 0 Å². The van der Waals surface area contributed by atoms with E-state index in [2.05, 4.69) is 29.1 Å². The second-order valence-electron chi connectivity index (χ2n) is 5.39. The van der Waals surface area contributed by atoms with Crippen molar-refractivity contribution in [1.82, 2.24) is 5.32 Å². The molecule has 2 unspecified atom stereocenters. The molecule has 1 aromatic heterocycles. The summed E-state index contributed by atoms with van der Waals surface area (Å²) >= 11 is 1.72. The first kappa shape index (κ1) is 15.0. The molecular weight excluding hydrogens is 278 g/mol. The molecule has 108 valence electrons. The molecule has 1 aliphatic rings. The molecule has 19 heavy (non-hydrogen) atoms. The van der Waals surface area contributed by atoms with E-state index < -0.39 is 9.84 Å². The molecule has 3 nitrogen and oxygen atoms in total. The number of hydrogen-bond donors (Lipinski definition) is 1. The maximum atomic E-state index is 11.6. The predicted octanol–water partition coefficient (Wildman–Crippen LogP) is 2.48. The van der Waals surface area contributed by atoms with E-state index in [0.717, 1.165) is 32.2 Å². The van der Waals surface area contributed by atoms with Crippen LogP contribution in [0.3, 0.4) is 0 Å². The van der Waals surface area contributed by atoms with Crippen molar-refractivity contribution >= 4 is 21.2 Å². The van der Waals surface area contributed by atoms with E-state index in [1.807, 2.05) is 0 Å². The van der Waals surface area contributed by atoms with Gasteiger partial charge in [-0.15, -0.1) is 0 Å². The molecule has 1 aliphatic heterocycles. The number of rotatable bonds is 7. The molecule has 1 aromatic rings. The molecule has 0 bridgehead atoms. The third-order valence-corrected chi connectivity index (χ3v) is 6.34. The summed E-state index contributed by atoms with van der Waals surface area (Å²) in [5, 5.41) is 7.83. The van der Waals surface area contributed by atoms with Gasteiger partial charge in [-0.25, -0.2) is 8.42 Å². The van der Waals surface area contributed by atoms with Gasteiger partial charge < -0.3 is 5.32 Å². The van der Waals surface area contributed by atoms with Crippen LogP contribution in [0.1, 0.15) is 31.7 Å². The van der Waals surface area contributed by atoms with E-state index in [1.54, 1.807) is 11.3 Å². The number of thiophene rings is 1. The quantitative estimate of drug-likeness (QED) is 0.841. The minimum absolute atomic E-state index is 0.301. The summed E-state index contributed by atoms with van der Waals surface area (Å²) < 4.78 is 23.3. The Bertz CT molecular complexity index is 468. The fourth-order valence-corrected chi connectivity index (χ4v) is 5.32. The van der Waals surface area contributed by atoms with Crippen LogP contribution >= 0.6 is 11.3 Å². The Hall–Kier alpha value is -0.390. The highest BCUT2D eigenvalue weighted by atomic mass is 32.2. The fourth-order valence-electron chi connectivity index (χ4n) is 2.73. The minimum atomic E-state index is -2.78. The Morgan fingerprint density at radius 1 is 1.53 bits per heavy atom. The van der Waals surface area contributed by atoms with Crippen molar-refractivity contribution in [3.8, 4) is 0 Å². The molecule has 2 heterocycles. The molecule has 0 aliphatic carbocycles. The van der Waals surface area contributed by atoms with E-state index >= 15 is 0 Å². The molecule has 0 saturated carbocycles. The monoisotopic (exact) mass is 301 g/mol. The Labute approximate surface area is 120 Å². The maximum Gasteiger partial charge on any atom is 0.150 e. The van der Waals surface area contributed by atoms with Crippen LogP contribution in [-0.4, -0.2) is 32.5 Å². The van der Waals surface area contributed by atoms with Crippen LogP contribution in [0.15, 0.2) is 16.8 Å². The lowest BCUT2D eigenvalue weighted by Crippen LogP contribution is -2.37. The second-order valence-corrected chi connectivity index (χ2v) is 8.40. The summed E-state index contributed by atoms with van der Waals surface area (Å²) in [4.78, 5) is 0.